The first-order valence-corrected chi connectivity index (χ1v) is 5.55. The Kier molecular flexibility index (Phi) is 4.81. The Morgan fingerprint density at radius 2 is 1.86 bits per heavy atom. The summed E-state index contributed by atoms with van der Waals surface area (Å²) < 4.78 is 0. The predicted molar refractivity (Wildman–Crippen MR) is 64.0 cm³/mol. The first kappa shape index (κ1) is 11.4. The fraction of sp³-hybridized carbons (Fsp3) is 0.500. The molecule has 78 valence electrons. The number of benzene rings is 1. The summed E-state index contributed by atoms with van der Waals surface area (Å²) in [6.45, 7) is 5.55. The molecule has 0 aliphatic carbocycles. The van der Waals surface area contributed by atoms with E-state index < -0.39 is 0 Å². The van der Waals surface area contributed by atoms with Gasteiger partial charge >= 0.3 is 0 Å². The molecule has 0 aliphatic rings. The molecule has 1 N–H and O–H groups in total. The van der Waals surface area contributed by atoms with E-state index in [4.69, 9.17) is 11.6 Å². The van der Waals surface area contributed by atoms with Crippen molar-refractivity contribution in [2.75, 3.05) is 11.9 Å². The second kappa shape index (κ2) is 5.92. The van der Waals surface area contributed by atoms with Crippen LogP contribution in [0.25, 0.3) is 0 Å². The Balaban J connectivity index is 2.21. The lowest BCUT2D eigenvalue weighted by Crippen LogP contribution is -2.02. The summed E-state index contributed by atoms with van der Waals surface area (Å²) in [6, 6.07) is 7.84. The van der Waals surface area contributed by atoms with Gasteiger partial charge in [0.15, 0.2) is 0 Å². The molecular formula is C12H18ClN. The fourth-order valence-corrected chi connectivity index (χ4v) is 1.44. The lowest BCUT2D eigenvalue weighted by molar-refractivity contribution is 0.567. The quantitative estimate of drug-likeness (QED) is 0.721. The molecule has 1 aromatic rings. The van der Waals surface area contributed by atoms with Gasteiger partial charge in [-0.1, -0.05) is 25.4 Å². The Morgan fingerprint density at radius 1 is 1.21 bits per heavy atom. The third kappa shape index (κ3) is 4.52. The zero-order chi connectivity index (χ0) is 10.4. The van der Waals surface area contributed by atoms with Crippen LogP contribution in [-0.2, 0) is 0 Å². The van der Waals surface area contributed by atoms with Gasteiger partial charge in [0.1, 0.15) is 0 Å². The minimum Gasteiger partial charge on any atom is -0.385 e. The zero-order valence-electron chi connectivity index (χ0n) is 8.89. The number of hydrogen-bond donors (Lipinski definition) is 1. The fourth-order valence-electron chi connectivity index (χ4n) is 1.31. The van der Waals surface area contributed by atoms with Crippen LogP contribution in [0.15, 0.2) is 24.3 Å². The molecule has 0 saturated heterocycles. The van der Waals surface area contributed by atoms with Gasteiger partial charge in [0.05, 0.1) is 0 Å². The number of hydrogen-bond acceptors (Lipinski definition) is 1. The molecule has 1 aromatic carbocycles. The van der Waals surface area contributed by atoms with E-state index in [-0.39, 0.29) is 0 Å². The SMILES string of the molecule is CC(C)CCCNc1ccc(Cl)cc1. The molecule has 0 unspecified atom stereocenters. The molecule has 2 heteroatoms. The molecule has 0 aromatic heterocycles. The highest BCUT2D eigenvalue weighted by atomic mass is 35.5. The molecule has 0 radical (unpaired) electrons. The molecule has 0 bridgehead atoms. The molecule has 1 rings (SSSR count). The van der Waals surface area contributed by atoms with Gasteiger partial charge < -0.3 is 5.32 Å². The molecule has 0 fully saturated rings. The lowest BCUT2D eigenvalue weighted by Gasteiger charge is -2.07. The number of nitrogens with one attached hydrogen (secondary N) is 1. The lowest BCUT2D eigenvalue weighted by atomic mass is 10.1. The Hall–Kier alpha value is -0.690. The Bertz CT molecular complexity index is 254. The summed E-state index contributed by atoms with van der Waals surface area (Å²) in [5.74, 6) is 0.794. The molecule has 0 heterocycles. The standard InChI is InChI=1S/C12H18ClN/c1-10(2)4-3-9-14-12-7-5-11(13)6-8-12/h5-8,10,14H,3-4,9H2,1-2H3. The van der Waals surface area contributed by atoms with Crippen LogP contribution in [-0.4, -0.2) is 6.54 Å². The third-order valence-electron chi connectivity index (χ3n) is 2.13. The second-order valence-electron chi connectivity index (χ2n) is 3.97. The van der Waals surface area contributed by atoms with Crippen molar-refractivity contribution in [3.05, 3.63) is 29.3 Å². The molecule has 1 nitrogen and oxygen atoms in total. The second-order valence-corrected chi connectivity index (χ2v) is 4.41. The first-order valence-electron chi connectivity index (χ1n) is 5.18. The van der Waals surface area contributed by atoms with E-state index in [0.29, 0.717) is 0 Å². The van der Waals surface area contributed by atoms with Gasteiger partial charge in [0.25, 0.3) is 0 Å². The average molecular weight is 212 g/mol. The van der Waals surface area contributed by atoms with Crippen LogP contribution >= 0.6 is 11.6 Å². The van der Waals surface area contributed by atoms with E-state index in [1.807, 2.05) is 24.3 Å². The summed E-state index contributed by atoms with van der Waals surface area (Å²) >= 11 is 5.79. The Labute approximate surface area is 91.5 Å². The molecular weight excluding hydrogens is 194 g/mol. The van der Waals surface area contributed by atoms with Crippen LogP contribution in [0.4, 0.5) is 5.69 Å². The van der Waals surface area contributed by atoms with Gasteiger partial charge in [-0.15, -0.1) is 0 Å². The van der Waals surface area contributed by atoms with Crippen LogP contribution in [0.3, 0.4) is 0 Å². The van der Waals surface area contributed by atoms with E-state index in [1.165, 1.54) is 12.8 Å². The topological polar surface area (TPSA) is 12.0 Å². The van der Waals surface area contributed by atoms with Gasteiger partial charge in [0, 0.05) is 17.3 Å². The van der Waals surface area contributed by atoms with Crippen LogP contribution in [0.2, 0.25) is 5.02 Å². The van der Waals surface area contributed by atoms with Crippen molar-refractivity contribution in [1.82, 2.24) is 0 Å². The smallest absolute Gasteiger partial charge is 0.0407 e. The maximum absolute atomic E-state index is 5.79. The van der Waals surface area contributed by atoms with Gasteiger partial charge in [-0.05, 0) is 43.0 Å². The normalized spacial score (nSPS) is 10.6. The minimum absolute atomic E-state index is 0.790. The summed E-state index contributed by atoms with van der Waals surface area (Å²) in [6.07, 6.45) is 2.50. The summed E-state index contributed by atoms with van der Waals surface area (Å²) in [5.41, 5.74) is 1.15. The minimum atomic E-state index is 0.790. The van der Waals surface area contributed by atoms with Crippen molar-refractivity contribution < 1.29 is 0 Å². The summed E-state index contributed by atoms with van der Waals surface area (Å²) in [7, 11) is 0. The maximum atomic E-state index is 5.79. The van der Waals surface area contributed by atoms with Gasteiger partial charge in [-0.2, -0.15) is 0 Å². The van der Waals surface area contributed by atoms with Crippen LogP contribution in [0.1, 0.15) is 26.7 Å². The van der Waals surface area contributed by atoms with E-state index in [2.05, 4.69) is 19.2 Å². The van der Waals surface area contributed by atoms with Crippen LogP contribution < -0.4 is 5.32 Å². The number of anilines is 1. The molecule has 0 amide bonds. The highest BCUT2D eigenvalue weighted by Crippen LogP contribution is 2.13. The highest BCUT2D eigenvalue weighted by Gasteiger charge is 1.94. The average Bonchev–Trinajstić information content (AvgIpc) is 2.15. The number of halogens is 1. The highest BCUT2D eigenvalue weighted by molar-refractivity contribution is 6.30. The summed E-state index contributed by atoms with van der Waals surface area (Å²) in [5, 5.41) is 4.16. The zero-order valence-corrected chi connectivity index (χ0v) is 9.64. The monoisotopic (exact) mass is 211 g/mol. The number of rotatable bonds is 5. The molecule has 0 aliphatic heterocycles. The van der Waals surface area contributed by atoms with Crippen molar-refractivity contribution in [3.63, 3.8) is 0 Å². The predicted octanol–water partition coefficient (Wildman–Crippen LogP) is 4.19. The van der Waals surface area contributed by atoms with Gasteiger partial charge in [-0.3, -0.25) is 0 Å². The molecule has 14 heavy (non-hydrogen) atoms. The van der Waals surface area contributed by atoms with E-state index in [1.54, 1.807) is 0 Å². The van der Waals surface area contributed by atoms with Crippen LogP contribution in [0.5, 0.6) is 0 Å². The maximum Gasteiger partial charge on any atom is 0.0407 e. The molecule has 0 saturated carbocycles. The van der Waals surface area contributed by atoms with Crippen molar-refractivity contribution in [2.24, 2.45) is 5.92 Å². The molecule has 0 spiro atoms. The van der Waals surface area contributed by atoms with Crippen molar-refractivity contribution in [3.8, 4) is 0 Å². The summed E-state index contributed by atoms with van der Waals surface area (Å²) in [4.78, 5) is 0. The van der Waals surface area contributed by atoms with Crippen LogP contribution in [0, 0.1) is 5.92 Å². The van der Waals surface area contributed by atoms with Gasteiger partial charge in [0.2, 0.25) is 0 Å². The van der Waals surface area contributed by atoms with E-state index in [0.717, 1.165) is 23.2 Å². The Morgan fingerprint density at radius 3 is 2.43 bits per heavy atom. The molecule has 0 atom stereocenters. The van der Waals surface area contributed by atoms with Gasteiger partial charge in [-0.25, -0.2) is 0 Å². The third-order valence-corrected chi connectivity index (χ3v) is 2.38. The first-order chi connectivity index (χ1) is 6.68. The van der Waals surface area contributed by atoms with Crippen molar-refractivity contribution in [2.45, 2.75) is 26.7 Å². The van der Waals surface area contributed by atoms with E-state index >= 15 is 0 Å². The van der Waals surface area contributed by atoms with Crippen molar-refractivity contribution in [1.29, 1.82) is 0 Å². The van der Waals surface area contributed by atoms with Crippen molar-refractivity contribution >= 4 is 17.3 Å². The van der Waals surface area contributed by atoms with E-state index in [9.17, 15) is 0 Å². The largest absolute Gasteiger partial charge is 0.385 e.